The summed E-state index contributed by atoms with van der Waals surface area (Å²) < 4.78 is 0. The number of hydrogen-bond acceptors (Lipinski definition) is 2. The Morgan fingerprint density at radius 2 is 2.50 bits per heavy atom. The first-order chi connectivity index (χ1) is 5.70. The van der Waals surface area contributed by atoms with Gasteiger partial charge in [0.15, 0.2) is 0 Å². The molecule has 0 aliphatic rings. The van der Waals surface area contributed by atoms with Crippen LogP contribution in [0.4, 0.5) is 0 Å². The van der Waals surface area contributed by atoms with Gasteiger partial charge in [0, 0.05) is 4.88 Å². The smallest absolute Gasteiger partial charge is 0.306 e. The third-order valence-corrected chi connectivity index (χ3v) is 2.76. The van der Waals surface area contributed by atoms with Gasteiger partial charge in [-0.05, 0) is 24.3 Å². The first kappa shape index (κ1) is 9.26. The number of thiophene rings is 1. The van der Waals surface area contributed by atoms with Crippen LogP contribution >= 0.6 is 11.3 Å². The highest BCUT2D eigenvalue weighted by atomic mass is 32.1. The van der Waals surface area contributed by atoms with Gasteiger partial charge in [-0.25, -0.2) is 0 Å². The molecular formula is C9H12O2S. The Balaban J connectivity index is 2.31. The molecule has 0 bridgehead atoms. The predicted molar refractivity (Wildman–Crippen MR) is 49.4 cm³/mol. The van der Waals surface area contributed by atoms with E-state index in [4.69, 9.17) is 5.11 Å². The number of aliphatic carboxylic acids is 1. The van der Waals surface area contributed by atoms with Crippen LogP contribution < -0.4 is 0 Å². The Labute approximate surface area is 75.9 Å². The van der Waals surface area contributed by atoms with Gasteiger partial charge >= 0.3 is 5.97 Å². The molecule has 0 fully saturated rings. The Bertz CT molecular complexity index is 241. The normalized spacial score (nSPS) is 12.8. The average Bonchev–Trinajstić information content (AvgIpc) is 2.51. The predicted octanol–water partition coefficient (Wildman–Crippen LogP) is 2.40. The van der Waals surface area contributed by atoms with Crippen molar-refractivity contribution in [1.29, 1.82) is 0 Å². The molecule has 1 unspecified atom stereocenters. The minimum atomic E-state index is -0.702. The molecule has 0 amide bonds. The number of hydrogen-bond donors (Lipinski definition) is 1. The number of carbonyl (C=O) groups is 1. The molecule has 0 saturated carbocycles. The van der Waals surface area contributed by atoms with Crippen LogP contribution in [-0.4, -0.2) is 11.1 Å². The molecule has 1 aromatic rings. The van der Waals surface area contributed by atoms with E-state index in [2.05, 4.69) is 0 Å². The van der Waals surface area contributed by atoms with Gasteiger partial charge in [0.2, 0.25) is 0 Å². The Morgan fingerprint density at radius 1 is 1.75 bits per heavy atom. The minimum absolute atomic E-state index is 0.230. The molecular weight excluding hydrogens is 172 g/mol. The first-order valence-electron chi connectivity index (χ1n) is 3.95. The summed E-state index contributed by atoms with van der Waals surface area (Å²) in [7, 11) is 0. The highest BCUT2D eigenvalue weighted by Crippen LogP contribution is 2.14. The molecule has 0 aromatic carbocycles. The Kier molecular flexibility index (Phi) is 3.29. The zero-order valence-corrected chi connectivity index (χ0v) is 7.80. The van der Waals surface area contributed by atoms with Crippen LogP contribution in [0.5, 0.6) is 0 Å². The fraction of sp³-hybridized carbons (Fsp3) is 0.444. The van der Waals surface area contributed by atoms with E-state index in [9.17, 15) is 4.79 Å². The van der Waals surface area contributed by atoms with Gasteiger partial charge in [-0.2, -0.15) is 0 Å². The molecule has 12 heavy (non-hydrogen) atoms. The SMILES string of the molecule is CC(CCc1cccs1)C(=O)O. The zero-order chi connectivity index (χ0) is 8.97. The van der Waals surface area contributed by atoms with Crippen molar-refractivity contribution in [2.75, 3.05) is 0 Å². The molecule has 1 N–H and O–H groups in total. The third-order valence-electron chi connectivity index (χ3n) is 1.83. The lowest BCUT2D eigenvalue weighted by Crippen LogP contribution is -2.09. The van der Waals surface area contributed by atoms with Crippen LogP contribution in [0.3, 0.4) is 0 Å². The quantitative estimate of drug-likeness (QED) is 0.780. The molecule has 0 aliphatic heterocycles. The van der Waals surface area contributed by atoms with E-state index in [-0.39, 0.29) is 5.92 Å². The summed E-state index contributed by atoms with van der Waals surface area (Å²) in [6.45, 7) is 1.75. The average molecular weight is 184 g/mol. The Morgan fingerprint density at radius 3 is 3.00 bits per heavy atom. The summed E-state index contributed by atoms with van der Waals surface area (Å²) in [6.07, 6.45) is 1.61. The Hall–Kier alpha value is -0.830. The maximum Gasteiger partial charge on any atom is 0.306 e. The number of aryl methyl sites for hydroxylation is 1. The monoisotopic (exact) mass is 184 g/mol. The van der Waals surface area contributed by atoms with Crippen molar-refractivity contribution in [2.24, 2.45) is 5.92 Å². The van der Waals surface area contributed by atoms with Crippen molar-refractivity contribution in [3.63, 3.8) is 0 Å². The summed E-state index contributed by atoms with van der Waals surface area (Å²) in [4.78, 5) is 11.7. The number of carboxylic acid groups (broad SMARTS) is 1. The highest BCUT2D eigenvalue weighted by molar-refractivity contribution is 7.09. The third kappa shape index (κ3) is 2.66. The topological polar surface area (TPSA) is 37.3 Å². The van der Waals surface area contributed by atoms with Crippen molar-refractivity contribution in [3.05, 3.63) is 22.4 Å². The van der Waals surface area contributed by atoms with E-state index in [1.807, 2.05) is 17.5 Å². The van der Waals surface area contributed by atoms with E-state index in [1.54, 1.807) is 18.3 Å². The number of rotatable bonds is 4. The fourth-order valence-corrected chi connectivity index (χ4v) is 1.66. The van der Waals surface area contributed by atoms with Crippen LogP contribution in [0.2, 0.25) is 0 Å². The van der Waals surface area contributed by atoms with Gasteiger partial charge in [-0.15, -0.1) is 11.3 Å². The maximum absolute atomic E-state index is 10.5. The minimum Gasteiger partial charge on any atom is -0.481 e. The molecule has 66 valence electrons. The van der Waals surface area contributed by atoms with Gasteiger partial charge in [0.1, 0.15) is 0 Å². The largest absolute Gasteiger partial charge is 0.481 e. The zero-order valence-electron chi connectivity index (χ0n) is 6.99. The van der Waals surface area contributed by atoms with Crippen molar-refractivity contribution >= 4 is 17.3 Å². The second-order valence-corrected chi connectivity index (χ2v) is 3.89. The summed E-state index contributed by atoms with van der Waals surface area (Å²) in [5.41, 5.74) is 0. The molecule has 3 heteroatoms. The van der Waals surface area contributed by atoms with Gasteiger partial charge in [0.25, 0.3) is 0 Å². The second-order valence-electron chi connectivity index (χ2n) is 2.86. The van der Waals surface area contributed by atoms with E-state index in [0.29, 0.717) is 0 Å². The van der Waals surface area contributed by atoms with Gasteiger partial charge in [-0.1, -0.05) is 13.0 Å². The van der Waals surface area contributed by atoms with Gasteiger partial charge < -0.3 is 5.11 Å². The summed E-state index contributed by atoms with van der Waals surface area (Å²) in [5, 5.41) is 10.6. The van der Waals surface area contributed by atoms with Crippen LogP contribution in [0.1, 0.15) is 18.2 Å². The summed E-state index contributed by atoms with van der Waals surface area (Å²) in [6, 6.07) is 4.03. The van der Waals surface area contributed by atoms with Crippen molar-refractivity contribution < 1.29 is 9.90 Å². The summed E-state index contributed by atoms with van der Waals surface area (Å²) in [5.74, 6) is -0.932. The summed E-state index contributed by atoms with van der Waals surface area (Å²) >= 11 is 1.68. The second kappa shape index (κ2) is 4.26. The van der Waals surface area contributed by atoms with E-state index in [0.717, 1.165) is 12.8 Å². The van der Waals surface area contributed by atoms with Crippen LogP contribution in [-0.2, 0) is 11.2 Å². The van der Waals surface area contributed by atoms with Crippen molar-refractivity contribution in [1.82, 2.24) is 0 Å². The van der Waals surface area contributed by atoms with Crippen molar-refractivity contribution in [3.8, 4) is 0 Å². The molecule has 2 nitrogen and oxygen atoms in total. The highest BCUT2D eigenvalue weighted by Gasteiger charge is 2.10. The molecule has 0 spiro atoms. The van der Waals surface area contributed by atoms with E-state index < -0.39 is 5.97 Å². The standard InChI is InChI=1S/C9H12O2S/c1-7(9(10)11)4-5-8-3-2-6-12-8/h2-3,6-7H,4-5H2,1H3,(H,10,11). The van der Waals surface area contributed by atoms with E-state index in [1.165, 1.54) is 4.88 Å². The molecule has 0 aliphatic carbocycles. The van der Waals surface area contributed by atoms with Gasteiger partial charge in [0.05, 0.1) is 5.92 Å². The lowest BCUT2D eigenvalue weighted by molar-refractivity contribution is -0.141. The van der Waals surface area contributed by atoms with E-state index >= 15 is 0 Å². The maximum atomic E-state index is 10.5. The molecule has 0 saturated heterocycles. The van der Waals surface area contributed by atoms with Crippen LogP contribution in [0.25, 0.3) is 0 Å². The lowest BCUT2D eigenvalue weighted by atomic mass is 10.1. The molecule has 1 aromatic heterocycles. The van der Waals surface area contributed by atoms with Crippen LogP contribution in [0.15, 0.2) is 17.5 Å². The van der Waals surface area contributed by atoms with Crippen molar-refractivity contribution in [2.45, 2.75) is 19.8 Å². The molecule has 1 rings (SSSR count). The molecule has 1 atom stereocenters. The molecule has 0 radical (unpaired) electrons. The lowest BCUT2D eigenvalue weighted by Gasteiger charge is -2.03. The number of carboxylic acids is 1. The van der Waals surface area contributed by atoms with Gasteiger partial charge in [-0.3, -0.25) is 4.79 Å². The van der Waals surface area contributed by atoms with Crippen LogP contribution in [0, 0.1) is 5.92 Å². The molecule has 1 heterocycles. The fourth-order valence-electron chi connectivity index (χ4n) is 0.937. The first-order valence-corrected chi connectivity index (χ1v) is 4.83.